The Labute approximate surface area is 81.1 Å². The molecule has 1 aromatic carbocycles. The summed E-state index contributed by atoms with van der Waals surface area (Å²) in [6.07, 6.45) is 0. The molecular weight excluding hydrogens is 182 g/mol. The first-order valence-corrected chi connectivity index (χ1v) is 4.05. The Morgan fingerprint density at radius 1 is 1.57 bits per heavy atom. The van der Waals surface area contributed by atoms with Crippen molar-refractivity contribution >= 4 is 5.69 Å². The molecule has 0 spiro atoms. The molecule has 0 saturated heterocycles. The van der Waals surface area contributed by atoms with Gasteiger partial charge in [-0.15, -0.1) is 0 Å². The Kier molecular flexibility index (Phi) is 3.58. The Balaban J connectivity index is 2.65. The van der Waals surface area contributed by atoms with Crippen LogP contribution in [0.5, 0.6) is 0 Å². The predicted octanol–water partition coefficient (Wildman–Crippen LogP) is 1.21. The number of hydrogen-bond donors (Lipinski definition) is 1. The molecule has 0 fully saturated rings. The van der Waals surface area contributed by atoms with E-state index in [4.69, 9.17) is 5.26 Å². The molecule has 0 aromatic heterocycles. The second kappa shape index (κ2) is 4.94. The van der Waals surface area contributed by atoms with Gasteiger partial charge in [-0.1, -0.05) is 12.1 Å². The van der Waals surface area contributed by atoms with Crippen LogP contribution in [0.25, 0.3) is 0 Å². The molecule has 0 heterocycles. The van der Waals surface area contributed by atoms with Crippen molar-refractivity contribution in [2.75, 3.05) is 6.54 Å². The van der Waals surface area contributed by atoms with Crippen LogP contribution in [-0.4, -0.2) is 11.5 Å². The van der Waals surface area contributed by atoms with Gasteiger partial charge in [0.1, 0.15) is 0 Å². The standard InChI is InChI=1S/C9H9N3O2/c10-4-5-11-7-8-2-1-3-9(6-8)12(13)14/h1-3,6,11H,5,7H2. The number of nitro benzene ring substituents is 1. The van der Waals surface area contributed by atoms with Gasteiger partial charge in [-0.05, 0) is 5.56 Å². The Bertz CT molecular complexity index is 371. The number of hydrogen-bond acceptors (Lipinski definition) is 4. The highest BCUT2D eigenvalue weighted by molar-refractivity contribution is 5.34. The maximum atomic E-state index is 10.4. The van der Waals surface area contributed by atoms with E-state index in [1.807, 2.05) is 6.07 Å². The zero-order chi connectivity index (χ0) is 10.4. The summed E-state index contributed by atoms with van der Waals surface area (Å²) < 4.78 is 0. The molecule has 0 unspecified atom stereocenters. The van der Waals surface area contributed by atoms with E-state index in [9.17, 15) is 10.1 Å². The number of nitriles is 1. The van der Waals surface area contributed by atoms with E-state index in [2.05, 4.69) is 5.32 Å². The highest BCUT2D eigenvalue weighted by Crippen LogP contribution is 2.12. The summed E-state index contributed by atoms with van der Waals surface area (Å²) in [5, 5.41) is 21.5. The van der Waals surface area contributed by atoms with E-state index >= 15 is 0 Å². The van der Waals surface area contributed by atoms with Crippen LogP contribution in [0.1, 0.15) is 5.56 Å². The van der Waals surface area contributed by atoms with Gasteiger partial charge in [0, 0.05) is 18.7 Å². The van der Waals surface area contributed by atoms with Crippen molar-refractivity contribution in [3.05, 3.63) is 39.9 Å². The Morgan fingerprint density at radius 3 is 3.00 bits per heavy atom. The molecule has 0 amide bonds. The lowest BCUT2D eigenvalue weighted by Gasteiger charge is -1.99. The smallest absolute Gasteiger partial charge is 0.269 e. The fraction of sp³-hybridized carbons (Fsp3) is 0.222. The third kappa shape index (κ3) is 2.84. The lowest BCUT2D eigenvalue weighted by molar-refractivity contribution is -0.384. The lowest BCUT2D eigenvalue weighted by Crippen LogP contribution is -2.12. The quantitative estimate of drug-likeness (QED) is 0.335. The molecular formula is C9H9N3O2. The van der Waals surface area contributed by atoms with Crippen LogP contribution in [0.3, 0.4) is 0 Å². The van der Waals surface area contributed by atoms with E-state index in [0.717, 1.165) is 5.56 Å². The SMILES string of the molecule is N#CCNCc1cccc([N+](=O)[O-])c1. The maximum absolute atomic E-state index is 10.4. The number of rotatable bonds is 4. The van der Waals surface area contributed by atoms with Crippen LogP contribution in [0.15, 0.2) is 24.3 Å². The van der Waals surface area contributed by atoms with Crippen LogP contribution in [-0.2, 0) is 6.54 Å². The fourth-order valence-electron chi connectivity index (χ4n) is 1.04. The van der Waals surface area contributed by atoms with E-state index in [0.29, 0.717) is 6.54 Å². The van der Waals surface area contributed by atoms with Crippen LogP contribution in [0, 0.1) is 21.4 Å². The normalized spacial score (nSPS) is 9.36. The lowest BCUT2D eigenvalue weighted by atomic mass is 10.2. The van der Waals surface area contributed by atoms with Gasteiger partial charge < -0.3 is 5.32 Å². The van der Waals surface area contributed by atoms with Gasteiger partial charge in [0.05, 0.1) is 17.5 Å². The van der Waals surface area contributed by atoms with E-state index < -0.39 is 4.92 Å². The van der Waals surface area contributed by atoms with E-state index in [-0.39, 0.29) is 12.2 Å². The van der Waals surface area contributed by atoms with Crippen molar-refractivity contribution in [3.8, 4) is 6.07 Å². The van der Waals surface area contributed by atoms with Crippen LogP contribution >= 0.6 is 0 Å². The summed E-state index contributed by atoms with van der Waals surface area (Å²) in [4.78, 5) is 9.98. The molecule has 0 aliphatic rings. The Morgan fingerprint density at radius 2 is 2.36 bits per heavy atom. The topological polar surface area (TPSA) is 79.0 Å². The molecule has 72 valence electrons. The molecule has 0 saturated carbocycles. The second-order valence-electron chi connectivity index (χ2n) is 2.69. The molecule has 0 aliphatic heterocycles. The van der Waals surface area contributed by atoms with Gasteiger partial charge >= 0.3 is 0 Å². The van der Waals surface area contributed by atoms with Gasteiger partial charge in [0.15, 0.2) is 0 Å². The summed E-state index contributed by atoms with van der Waals surface area (Å²) in [5.74, 6) is 0. The zero-order valence-electron chi connectivity index (χ0n) is 7.43. The number of nitrogens with zero attached hydrogens (tertiary/aromatic N) is 2. The third-order valence-corrected chi connectivity index (χ3v) is 1.65. The van der Waals surface area contributed by atoms with Crippen molar-refractivity contribution in [1.82, 2.24) is 5.32 Å². The van der Waals surface area contributed by atoms with Crippen LogP contribution in [0.4, 0.5) is 5.69 Å². The summed E-state index contributed by atoms with van der Waals surface area (Å²) >= 11 is 0. The number of nitro groups is 1. The van der Waals surface area contributed by atoms with Crippen LogP contribution in [0.2, 0.25) is 0 Å². The minimum atomic E-state index is -0.437. The first-order chi connectivity index (χ1) is 6.74. The molecule has 0 bridgehead atoms. The number of nitrogens with one attached hydrogen (secondary N) is 1. The molecule has 0 aliphatic carbocycles. The molecule has 0 atom stereocenters. The number of benzene rings is 1. The first-order valence-electron chi connectivity index (χ1n) is 4.05. The third-order valence-electron chi connectivity index (χ3n) is 1.65. The Hall–Kier alpha value is -1.93. The molecule has 5 nitrogen and oxygen atoms in total. The zero-order valence-corrected chi connectivity index (χ0v) is 7.43. The first kappa shape index (κ1) is 10.2. The minimum absolute atomic E-state index is 0.0706. The summed E-state index contributed by atoms with van der Waals surface area (Å²) in [5.41, 5.74) is 0.871. The van der Waals surface area contributed by atoms with Crippen LogP contribution < -0.4 is 5.32 Å². The highest BCUT2D eigenvalue weighted by Gasteiger charge is 2.04. The van der Waals surface area contributed by atoms with Gasteiger partial charge in [0.2, 0.25) is 0 Å². The molecule has 0 radical (unpaired) electrons. The van der Waals surface area contributed by atoms with E-state index in [1.54, 1.807) is 12.1 Å². The highest BCUT2D eigenvalue weighted by atomic mass is 16.6. The summed E-state index contributed by atoms with van der Waals surface area (Å²) in [6.45, 7) is 0.706. The second-order valence-corrected chi connectivity index (χ2v) is 2.69. The van der Waals surface area contributed by atoms with Crippen molar-refractivity contribution in [2.24, 2.45) is 0 Å². The van der Waals surface area contributed by atoms with Crippen molar-refractivity contribution in [2.45, 2.75) is 6.54 Å². The van der Waals surface area contributed by atoms with Crippen molar-refractivity contribution in [1.29, 1.82) is 5.26 Å². The molecule has 1 rings (SSSR count). The van der Waals surface area contributed by atoms with Gasteiger partial charge in [-0.2, -0.15) is 5.26 Å². The minimum Gasteiger partial charge on any atom is -0.300 e. The average Bonchev–Trinajstić information content (AvgIpc) is 2.19. The monoisotopic (exact) mass is 191 g/mol. The van der Waals surface area contributed by atoms with E-state index in [1.165, 1.54) is 12.1 Å². The van der Waals surface area contributed by atoms with Crippen molar-refractivity contribution in [3.63, 3.8) is 0 Å². The summed E-state index contributed by atoms with van der Waals surface area (Å²) in [6, 6.07) is 8.26. The van der Waals surface area contributed by atoms with Gasteiger partial charge in [-0.25, -0.2) is 0 Å². The largest absolute Gasteiger partial charge is 0.300 e. The average molecular weight is 191 g/mol. The molecule has 1 N–H and O–H groups in total. The maximum Gasteiger partial charge on any atom is 0.269 e. The predicted molar refractivity (Wildman–Crippen MR) is 50.4 cm³/mol. The van der Waals surface area contributed by atoms with Gasteiger partial charge in [-0.3, -0.25) is 10.1 Å². The number of non-ortho nitro benzene ring substituents is 1. The molecule has 1 aromatic rings. The van der Waals surface area contributed by atoms with Crippen molar-refractivity contribution < 1.29 is 4.92 Å². The molecule has 14 heavy (non-hydrogen) atoms. The fourth-order valence-corrected chi connectivity index (χ4v) is 1.04. The van der Waals surface area contributed by atoms with Gasteiger partial charge in [0.25, 0.3) is 5.69 Å². The molecule has 5 heteroatoms. The summed E-state index contributed by atoms with van der Waals surface area (Å²) in [7, 11) is 0.